The number of carbonyl (C=O) groups is 1. The first-order valence-electron chi connectivity index (χ1n) is 3.89. The Kier molecular flexibility index (Phi) is 1.96. The van der Waals surface area contributed by atoms with Crippen molar-refractivity contribution in [2.45, 2.75) is 0 Å². The average Bonchev–Trinajstić information content (AvgIpc) is 2.47. The predicted octanol–water partition coefficient (Wildman–Crippen LogP) is 2.21. The van der Waals surface area contributed by atoms with Gasteiger partial charge in [0.05, 0.1) is 11.2 Å². The number of nitrogens with one attached hydrogen (secondary N) is 1. The van der Waals surface area contributed by atoms with Crippen molar-refractivity contribution in [3.8, 4) is 0 Å². The summed E-state index contributed by atoms with van der Waals surface area (Å²) in [6.07, 6.45) is 0. The zero-order valence-electron chi connectivity index (χ0n) is 7.04. The first-order chi connectivity index (χ1) is 6.58. The van der Waals surface area contributed by atoms with Crippen LogP contribution < -0.4 is 5.73 Å². The number of carboxylic acids is 1. The Morgan fingerprint density at radius 2 is 2.14 bits per heavy atom. The number of carboxylic acid groups (broad SMARTS) is 1. The number of rotatable bonds is 1. The molecule has 0 unspecified atom stereocenters. The molecule has 1 heterocycles. The van der Waals surface area contributed by atoms with Crippen LogP contribution >= 0.6 is 15.9 Å². The lowest BCUT2D eigenvalue weighted by Gasteiger charge is -1.96. The minimum Gasteiger partial charge on any atom is -0.477 e. The fourth-order valence-corrected chi connectivity index (χ4v) is 1.84. The summed E-state index contributed by atoms with van der Waals surface area (Å²) in [5, 5.41) is 9.55. The molecule has 0 fully saturated rings. The zero-order chi connectivity index (χ0) is 10.3. The summed E-state index contributed by atoms with van der Waals surface area (Å²) in [7, 11) is 0. The van der Waals surface area contributed by atoms with Gasteiger partial charge in [-0.25, -0.2) is 4.79 Å². The Bertz CT molecular complexity index is 519. The second-order valence-electron chi connectivity index (χ2n) is 2.95. The van der Waals surface area contributed by atoms with Crippen LogP contribution in [0.25, 0.3) is 10.9 Å². The Morgan fingerprint density at radius 3 is 2.79 bits per heavy atom. The average molecular weight is 255 g/mol. The summed E-state index contributed by atoms with van der Waals surface area (Å²) in [4.78, 5) is 13.4. The smallest absolute Gasteiger partial charge is 0.352 e. The lowest BCUT2D eigenvalue weighted by Crippen LogP contribution is -1.95. The van der Waals surface area contributed by atoms with Crippen molar-refractivity contribution in [1.82, 2.24) is 4.98 Å². The molecular formula is C9H7BrN2O2. The van der Waals surface area contributed by atoms with Gasteiger partial charge in [-0.3, -0.25) is 0 Å². The topological polar surface area (TPSA) is 79.1 Å². The van der Waals surface area contributed by atoms with Crippen molar-refractivity contribution in [2.24, 2.45) is 0 Å². The number of nitrogen functional groups attached to an aromatic ring is 1. The fraction of sp³-hybridized carbons (Fsp3) is 0. The van der Waals surface area contributed by atoms with Gasteiger partial charge in [-0.1, -0.05) is 15.9 Å². The molecule has 0 spiro atoms. The summed E-state index contributed by atoms with van der Waals surface area (Å²) in [6, 6.07) is 5.10. The standard InChI is InChI=1S/C9H7BrN2O2/c10-5-1-4-2-7(9(13)14)12-8(4)6(11)3-5/h1-3,12H,11H2,(H,13,14). The minimum absolute atomic E-state index is 0.143. The number of anilines is 1. The van der Waals surface area contributed by atoms with Crippen LogP contribution in [0.1, 0.15) is 10.5 Å². The zero-order valence-corrected chi connectivity index (χ0v) is 8.63. The third-order valence-corrected chi connectivity index (χ3v) is 2.41. The van der Waals surface area contributed by atoms with E-state index >= 15 is 0 Å². The Morgan fingerprint density at radius 1 is 1.43 bits per heavy atom. The number of halogens is 1. The maximum absolute atomic E-state index is 10.7. The van der Waals surface area contributed by atoms with Gasteiger partial charge in [0.1, 0.15) is 5.69 Å². The number of aromatic nitrogens is 1. The molecule has 4 nitrogen and oxygen atoms in total. The van der Waals surface area contributed by atoms with Crippen LogP contribution in [-0.2, 0) is 0 Å². The molecule has 1 aromatic carbocycles. The summed E-state index contributed by atoms with van der Waals surface area (Å²) in [6.45, 7) is 0. The van der Waals surface area contributed by atoms with Gasteiger partial charge in [0.15, 0.2) is 0 Å². The molecule has 2 rings (SSSR count). The van der Waals surface area contributed by atoms with E-state index in [0.29, 0.717) is 11.2 Å². The summed E-state index contributed by atoms with van der Waals surface area (Å²) >= 11 is 3.29. The number of nitrogens with two attached hydrogens (primary N) is 1. The number of H-pyrrole nitrogens is 1. The lowest BCUT2D eigenvalue weighted by molar-refractivity contribution is 0.0691. The van der Waals surface area contributed by atoms with Crippen molar-refractivity contribution >= 4 is 38.5 Å². The van der Waals surface area contributed by atoms with Crippen molar-refractivity contribution in [3.63, 3.8) is 0 Å². The quantitative estimate of drug-likeness (QED) is 0.683. The monoisotopic (exact) mass is 254 g/mol. The van der Waals surface area contributed by atoms with E-state index < -0.39 is 5.97 Å². The van der Waals surface area contributed by atoms with E-state index in [-0.39, 0.29) is 5.69 Å². The molecule has 0 atom stereocenters. The van der Waals surface area contributed by atoms with Crippen molar-refractivity contribution in [1.29, 1.82) is 0 Å². The largest absolute Gasteiger partial charge is 0.477 e. The SMILES string of the molecule is Nc1cc(Br)cc2cc(C(=O)O)[nH]c12. The van der Waals surface area contributed by atoms with Gasteiger partial charge in [-0.05, 0) is 18.2 Å². The van der Waals surface area contributed by atoms with Gasteiger partial charge in [-0.2, -0.15) is 0 Å². The van der Waals surface area contributed by atoms with Crippen LogP contribution in [0.5, 0.6) is 0 Å². The molecule has 72 valence electrons. The normalized spacial score (nSPS) is 10.6. The molecule has 0 saturated heterocycles. The molecule has 2 aromatic rings. The summed E-state index contributed by atoms with van der Waals surface area (Å²) in [5.74, 6) is -0.989. The molecule has 0 aliphatic heterocycles. The molecule has 5 heteroatoms. The number of benzene rings is 1. The van der Waals surface area contributed by atoms with E-state index in [1.165, 1.54) is 0 Å². The maximum Gasteiger partial charge on any atom is 0.352 e. The first kappa shape index (κ1) is 9.08. The third-order valence-electron chi connectivity index (χ3n) is 1.95. The van der Waals surface area contributed by atoms with Crippen LogP contribution in [-0.4, -0.2) is 16.1 Å². The van der Waals surface area contributed by atoms with Gasteiger partial charge in [0, 0.05) is 9.86 Å². The van der Waals surface area contributed by atoms with E-state index in [1.807, 2.05) is 6.07 Å². The molecule has 0 bridgehead atoms. The molecule has 1 aromatic heterocycles. The molecule has 0 aliphatic carbocycles. The molecule has 0 amide bonds. The Balaban J connectivity index is 2.76. The van der Waals surface area contributed by atoms with E-state index in [0.717, 1.165) is 9.86 Å². The Labute approximate surface area is 87.9 Å². The lowest BCUT2D eigenvalue weighted by atomic mass is 10.2. The second kappa shape index (κ2) is 3.02. The molecule has 14 heavy (non-hydrogen) atoms. The highest BCUT2D eigenvalue weighted by Crippen LogP contribution is 2.26. The van der Waals surface area contributed by atoms with Crippen molar-refractivity contribution in [2.75, 3.05) is 5.73 Å². The van der Waals surface area contributed by atoms with Gasteiger partial charge in [0.25, 0.3) is 0 Å². The van der Waals surface area contributed by atoms with Crippen molar-refractivity contribution < 1.29 is 9.90 Å². The number of aromatic amines is 1. The predicted molar refractivity (Wildman–Crippen MR) is 57.4 cm³/mol. The third kappa shape index (κ3) is 1.35. The van der Waals surface area contributed by atoms with Gasteiger partial charge >= 0.3 is 5.97 Å². The molecule has 0 radical (unpaired) electrons. The number of aromatic carboxylic acids is 1. The highest BCUT2D eigenvalue weighted by Gasteiger charge is 2.09. The van der Waals surface area contributed by atoms with Gasteiger partial charge in [0.2, 0.25) is 0 Å². The highest BCUT2D eigenvalue weighted by atomic mass is 79.9. The van der Waals surface area contributed by atoms with Crippen LogP contribution in [0.15, 0.2) is 22.7 Å². The first-order valence-corrected chi connectivity index (χ1v) is 4.68. The van der Waals surface area contributed by atoms with E-state index in [1.54, 1.807) is 12.1 Å². The summed E-state index contributed by atoms with van der Waals surface area (Å²) < 4.78 is 0.832. The fourth-order valence-electron chi connectivity index (χ4n) is 1.35. The minimum atomic E-state index is -0.989. The molecular weight excluding hydrogens is 248 g/mol. The van der Waals surface area contributed by atoms with E-state index in [4.69, 9.17) is 10.8 Å². The summed E-state index contributed by atoms with van der Waals surface area (Å²) in [5.41, 5.74) is 7.05. The molecule has 0 aliphatic rings. The van der Waals surface area contributed by atoms with Crippen LogP contribution in [0, 0.1) is 0 Å². The van der Waals surface area contributed by atoms with E-state index in [9.17, 15) is 4.79 Å². The van der Waals surface area contributed by atoms with Gasteiger partial charge in [-0.15, -0.1) is 0 Å². The van der Waals surface area contributed by atoms with E-state index in [2.05, 4.69) is 20.9 Å². The Hall–Kier alpha value is -1.49. The number of fused-ring (bicyclic) bond motifs is 1. The van der Waals surface area contributed by atoms with Crippen molar-refractivity contribution in [3.05, 3.63) is 28.4 Å². The molecule has 4 N–H and O–H groups in total. The second-order valence-corrected chi connectivity index (χ2v) is 3.86. The van der Waals surface area contributed by atoms with Crippen LogP contribution in [0.4, 0.5) is 5.69 Å². The van der Waals surface area contributed by atoms with Crippen LogP contribution in [0.3, 0.4) is 0 Å². The highest BCUT2D eigenvalue weighted by molar-refractivity contribution is 9.10. The molecule has 0 saturated carbocycles. The van der Waals surface area contributed by atoms with Gasteiger partial charge < -0.3 is 15.8 Å². The maximum atomic E-state index is 10.7. The van der Waals surface area contributed by atoms with Crippen LogP contribution in [0.2, 0.25) is 0 Å². The number of hydrogen-bond acceptors (Lipinski definition) is 2. The number of hydrogen-bond donors (Lipinski definition) is 3.